The number of rotatable bonds is 4. The Kier molecular flexibility index (Phi) is 5.10. The van der Waals surface area contributed by atoms with Gasteiger partial charge in [-0.2, -0.15) is 0 Å². The molecule has 1 amide bonds. The first kappa shape index (κ1) is 13.3. The monoisotopic (exact) mass is 259 g/mol. The Hall–Kier alpha value is -0.730. The highest BCUT2D eigenvalue weighted by Crippen LogP contribution is 2.26. The summed E-state index contributed by atoms with van der Waals surface area (Å²) in [7, 11) is 0. The fraction of sp³-hybridized carbons (Fsp3) is 0.417. The maximum atomic E-state index is 11.8. The zero-order chi connectivity index (χ0) is 12.1. The Balaban J connectivity index is 2.80. The lowest BCUT2D eigenvalue weighted by Gasteiger charge is -2.13. The van der Waals surface area contributed by atoms with Crippen LogP contribution in [-0.4, -0.2) is 5.91 Å². The van der Waals surface area contributed by atoms with Crippen LogP contribution in [0, 0.1) is 5.92 Å². The molecule has 0 atom stereocenters. The summed E-state index contributed by atoms with van der Waals surface area (Å²) in [5.74, 6) is 0.0178. The Morgan fingerprint density at radius 2 is 1.94 bits per heavy atom. The molecule has 0 saturated carbocycles. The SMILES string of the molecule is CCC(CC)C(=O)Nc1cc(Cl)ccc1Cl. The lowest BCUT2D eigenvalue weighted by atomic mass is 10.0. The molecule has 1 aromatic carbocycles. The van der Waals surface area contributed by atoms with E-state index in [1.54, 1.807) is 18.2 Å². The number of anilines is 1. The number of amides is 1. The molecule has 0 fully saturated rings. The first-order chi connectivity index (χ1) is 7.58. The van der Waals surface area contributed by atoms with Gasteiger partial charge in [0.15, 0.2) is 0 Å². The quantitative estimate of drug-likeness (QED) is 0.855. The second-order valence-corrected chi connectivity index (χ2v) is 4.47. The fourth-order valence-electron chi connectivity index (χ4n) is 1.49. The van der Waals surface area contributed by atoms with Crippen LogP contribution in [0.1, 0.15) is 26.7 Å². The molecule has 0 unspecified atom stereocenters. The van der Waals surface area contributed by atoms with E-state index in [1.165, 1.54) is 0 Å². The average Bonchev–Trinajstić information content (AvgIpc) is 2.25. The number of hydrogen-bond donors (Lipinski definition) is 1. The largest absolute Gasteiger partial charge is 0.324 e. The van der Waals surface area contributed by atoms with Gasteiger partial charge in [0.1, 0.15) is 0 Å². The molecule has 0 heterocycles. The summed E-state index contributed by atoms with van der Waals surface area (Å²) in [4.78, 5) is 11.8. The van der Waals surface area contributed by atoms with Gasteiger partial charge >= 0.3 is 0 Å². The third-order valence-corrected chi connectivity index (χ3v) is 3.11. The summed E-state index contributed by atoms with van der Waals surface area (Å²) in [5, 5.41) is 3.86. The highest BCUT2D eigenvalue weighted by Gasteiger charge is 2.15. The summed E-state index contributed by atoms with van der Waals surface area (Å²) >= 11 is 11.8. The lowest BCUT2D eigenvalue weighted by molar-refractivity contribution is -0.120. The summed E-state index contributed by atoms with van der Waals surface area (Å²) in [6.07, 6.45) is 1.64. The van der Waals surface area contributed by atoms with Crippen molar-refractivity contribution in [3.8, 4) is 0 Å². The van der Waals surface area contributed by atoms with E-state index < -0.39 is 0 Å². The van der Waals surface area contributed by atoms with Crippen molar-refractivity contribution in [2.75, 3.05) is 5.32 Å². The molecule has 4 heteroatoms. The van der Waals surface area contributed by atoms with Gasteiger partial charge in [0.25, 0.3) is 0 Å². The van der Waals surface area contributed by atoms with Crippen LogP contribution in [-0.2, 0) is 4.79 Å². The van der Waals surface area contributed by atoms with Crippen molar-refractivity contribution < 1.29 is 4.79 Å². The molecule has 1 rings (SSSR count). The van der Waals surface area contributed by atoms with Gasteiger partial charge in [-0.3, -0.25) is 4.79 Å². The third-order valence-electron chi connectivity index (χ3n) is 2.54. The number of benzene rings is 1. The molecule has 1 N–H and O–H groups in total. The molecule has 0 aliphatic carbocycles. The fourth-order valence-corrected chi connectivity index (χ4v) is 1.82. The van der Waals surface area contributed by atoms with E-state index in [-0.39, 0.29) is 11.8 Å². The van der Waals surface area contributed by atoms with E-state index in [1.807, 2.05) is 13.8 Å². The predicted octanol–water partition coefficient (Wildman–Crippen LogP) is 4.37. The van der Waals surface area contributed by atoms with Gasteiger partial charge in [-0.15, -0.1) is 0 Å². The summed E-state index contributed by atoms with van der Waals surface area (Å²) < 4.78 is 0. The molecule has 88 valence electrons. The topological polar surface area (TPSA) is 29.1 Å². The van der Waals surface area contributed by atoms with E-state index in [0.717, 1.165) is 12.8 Å². The molecule has 1 aromatic rings. The predicted molar refractivity (Wildman–Crippen MR) is 69.2 cm³/mol. The Labute approximate surface area is 106 Å². The molecule has 0 radical (unpaired) electrons. The minimum Gasteiger partial charge on any atom is -0.324 e. The molecule has 16 heavy (non-hydrogen) atoms. The van der Waals surface area contributed by atoms with Crippen LogP contribution in [0.25, 0.3) is 0 Å². The van der Waals surface area contributed by atoms with Gasteiger partial charge in [-0.1, -0.05) is 37.0 Å². The number of carbonyl (C=O) groups excluding carboxylic acids is 1. The number of carbonyl (C=O) groups is 1. The molecule has 0 aliphatic heterocycles. The second kappa shape index (κ2) is 6.12. The molecular weight excluding hydrogens is 245 g/mol. The van der Waals surface area contributed by atoms with Crippen molar-refractivity contribution in [2.45, 2.75) is 26.7 Å². The van der Waals surface area contributed by atoms with Crippen molar-refractivity contribution in [2.24, 2.45) is 5.92 Å². The van der Waals surface area contributed by atoms with Gasteiger partial charge in [0.2, 0.25) is 5.91 Å². The Bertz CT molecular complexity index is 375. The van der Waals surface area contributed by atoms with Crippen LogP contribution in [0.4, 0.5) is 5.69 Å². The summed E-state index contributed by atoms with van der Waals surface area (Å²) in [5.41, 5.74) is 0.575. The van der Waals surface area contributed by atoms with Crippen molar-refractivity contribution in [3.05, 3.63) is 28.2 Å². The number of hydrogen-bond acceptors (Lipinski definition) is 1. The maximum Gasteiger partial charge on any atom is 0.227 e. The van der Waals surface area contributed by atoms with Crippen molar-refractivity contribution >= 4 is 34.8 Å². The van der Waals surface area contributed by atoms with E-state index in [0.29, 0.717) is 15.7 Å². The normalized spacial score (nSPS) is 10.6. The molecule has 0 aliphatic rings. The van der Waals surface area contributed by atoms with Gasteiger partial charge in [-0.05, 0) is 31.0 Å². The zero-order valence-corrected chi connectivity index (χ0v) is 10.9. The average molecular weight is 260 g/mol. The van der Waals surface area contributed by atoms with Gasteiger partial charge in [0, 0.05) is 10.9 Å². The molecule has 0 bridgehead atoms. The third kappa shape index (κ3) is 3.39. The van der Waals surface area contributed by atoms with Crippen LogP contribution < -0.4 is 5.32 Å². The van der Waals surface area contributed by atoms with Crippen LogP contribution in [0.3, 0.4) is 0 Å². The first-order valence-electron chi connectivity index (χ1n) is 5.34. The molecule has 0 spiro atoms. The van der Waals surface area contributed by atoms with Crippen molar-refractivity contribution in [1.82, 2.24) is 0 Å². The van der Waals surface area contributed by atoms with Crippen LogP contribution in [0.2, 0.25) is 10.0 Å². The van der Waals surface area contributed by atoms with E-state index in [2.05, 4.69) is 5.32 Å². The maximum absolute atomic E-state index is 11.8. The smallest absolute Gasteiger partial charge is 0.227 e. The first-order valence-corrected chi connectivity index (χ1v) is 6.10. The van der Waals surface area contributed by atoms with Gasteiger partial charge in [-0.25, -0.2) is 0 Å². The highest BCUT2D eigenvalue weighted by molar-refractivity contribution is 6.35. The highest BCUT2D eigenvalue weighted by atomic mass is 35.5. The van der Waals surface area contributed by atoms with E-state index in [4.69, 9.17) is 23.2 Å². The molecular formula is C12H15Cl2NO. The van der Waals surface area contributed by atoms with Crippen LogP contribution >= 0.6 is 23.2 Å². The summed E-state index contributed by atoms with van der Waals surface area (Å²) in [6, 6.07) is 5.02. The molecule has 0 aromatic heterocycles. The van der Waals surface area contributed by atoms with Gasteiger partial charge < -0.3 is 5.32 Å². The summed E-state index contributed by atoms with van der Waals surface area (Å²) in [6.45, 7) is 3.99. The van der Waals surface area contributed by atoms with Crippen LogP contribution in [0.5, 0.6) is 0 Å². The van der Waals surface area contributed by atoms with Crippen LogP contribution in [0.15, 0.2) is 18.2 Å². The molecule has 2 nitrogen and oxygen atoms in total. The Morgan fingerprint density at radius 1 is 1.31 bits per heavy atom. The van der Waals surface area contributed by atoms with Gasteiger partial charge in [0.05, 0.1) is 10.7 Å². The lowest BCUT2D eigenvalue weighted by Crippen LogP contribution is -2.21. The molecule has 0 saturated heterocycles. The standard InChI is InChI=1S/C12H15Cl2NO/c1-3-8(4-2)12(16)15-11-7-9(13)5-6-10(11)14/h5-8H,3-4H2,1-2H3,(H,15,16). The second-order valence-electron chi connectivity index (χ2n) is 3.63. The minimum atomic E-state index is -0.00540. The van der Waals surface area contributed by atoms with E-state index in [9.17, 15) is 4.79 Å². The number of halogens is 2. The van der Waals surface area contributed by atoms with Crippen molar-refractivity contribution in [3.63, 3.8) is 0 Å². The number of nitrogens with one attached hydrogen (secondary N) is 1. The van der Waals surface area contributed by atoms with Crippen molar-refractivity contribution in [1.29, 1.82) is 0 Å². The van der Waals surface area contributed by atoms with E-state index >= 15 is 0 Å². The zero-order valence-electron chi connectivity index (χ0n) is 9.39. The Morgan fingerprint density at radius 3 is 2.50 bits per heavy atom. The minimum absolute atomic E-state index is 0.00540.